The van der Waals surface area contributed by atoms with Crippen LogP contribution >= 0.6 is 0 Å². The Kier molecular flexibility index (Phi) is 7.13. The molecule has 1 fully saturated rings. The highest BCUT2D eigenvalue weighted by molar-refractivity contribution is 7.89. The van der Waals surface area contributed by atoms with Crippen LogP contribution in [0.2, 0.25) is 0 Å². The predicted molar refractivity (Wildman–Crippen MR) is 124 cm³/mol. The summed E-state index contributed by atoms with van der Waals surface area (Å²) in [5.41, 5.74) is 0.716. The molecule has 1 saturated heterocycles. The van der Waals surface area contributed by atoms with Gasteiger partial charge in [-0.1, -0.05) is 24.0 Å². The number of hydrogen-bond donors (Lipinski definition) is 1. The number of hydrogen-bond acceptors (Lipinski definition) is 8. The number of rotatable bonds is 7. The second-order valence-corrected chi connectivity index (χ2v) is 9.68. The summed E-state index contributed by atoms with van der Waals surface area (Å²) < 4.78 is 43.7. The van der Waals surface area contributed by atoms with E-state index < -0.39 is 15.9 Å². The monoisotopic (exact) mass is 486 g/mol. The van der Waals surface area contributed by atoms with E-state index >= 15 is 0 Å². The van der Waals surface area contributed by atoms with Crippen molar-refractivity contribution in [2.75, 3.05) is 32.6 Å². The Morgan fingerprint density at radius 1 is 0.941 bits per heavy atom. The second-order valence-electron chi connectivity index (χ2n) is 7.75. The molecule has 11 heteroatoms. The summed E-state index contributed by atoms with van der Waals surface area (Å²) in [5.74, 6) is 0.550. The molecule has 180 valence electrons. The van der Waals surface area contributed by atoms with Crippen molar-refractivity contribution in [1.29, 1.82) is 0 Å². The van der Waals surface area contributed by atoms with Gasteiger partial charge in [-0.15, -0.1) is 5.10 Å². The number of methoxy groups -OCH3 is 2. The number of carbonyl (C=O) groups excluding carboxylic acids is 1. The lowest BCUT2D eigenvalue weighted by Crippen LogP contribution is -2.31. The molecule has 3 aromatic rings. The Balaban J connectivity index is 1.49. The van der Waals surface area contributed by atoms with Gasteiger partial charge in [-0.05, 0) is 49.2 Å². The Hall–Kier alpha value is -3.44. The van der Waals surface area contributed by atoms with Crippen LogP contribution in [0.5, 0.6) is 11.5 Å². The zero-order valence-corrected chi connectivity index (χ0v) is 19.8. The third-order valence-electron chi connectivity index (χ3n) is 5.61. The Labute approximate surface area is 197 Å². The third-order valence-corrected chi connectivity index (χ3v) is 7.52. The number of sulfonamides is 1. The van der Waals surface area contributed by atoms with E-state index in [0.29, 0.717) is 30.2 Å². The van der Waals surface area contributed by atoms with Gasteiger partial charge in [0.25, 0.3) is 11.8 Å². The molecule has 0 aliphatic carbocycles. The summed E-state index contributed by atoms with van der Waals surface area (Å²) in [7, 11) is -0.574. The van der Waals surface area contributed by atoms with Crippen molar-refractivity contribution < 1.29 is 27.1 Å². The molecule has 0 unspecified atom stereocenters. The van der Waals surface area contributed by atoms with E-state index in [1.165, 1.54) is 42.8 Å². The molecule has 1 amide bonds. The van der Waals surface area contributed by atoms with Crippen LogP contribution in [0, 0.1) is 0 Å². The van der Waals surface area contributed by atoms with Crippen molar-refractivity contribution in [2.24, 2.45) is 0 Å². The van der Waals surface area contributed by atoms with Gasteiger partial charge in [-0.3, -0.25) is 10.1 Å². The number of anilines is 1. The summed E-state index contributed by atoms with van der Waals surface area (Å²) in [6, 6.07) is 10.9. The van der Waals surface area contributed by atoms with Gasteiger partial charge < -0.3 is 13.9 Å². The van der Waals surface area contributed by atoms with Crippen molar-refractivity contribution in [3.63, 3.8) is 0 Å². The molecule has 10 nitrogen and oxygen atoms in total. The van der Waals surface area contributed by atoms with Crippen LogP contribution in [0.4, 0.5) is 6.01 Å². The van der Waals surface area contributed by atoms with E-state index in [4.69, 9.17) is 13.9 Å². The summed E-state index contributed by atoms with van der Waals surface area (Å²) in [6.07, 6.45) is 3.78. The number of amides is 1. The van der Waals surface area contributed by atoms with E-state index in [2.05, 4.69) is 15.5 Å². The maximum atomic E-state index is 12.9. The van der Waals surface area contributed by atoms with Crippen LogP contribution in [-0.2, 0) is 10.0 Å². The molecule has 0 radical (unpaired) electrons. The average molecular weight is 487 g/mol. The van der Waals surface area contributed by atoms with Gasteiger partial charge in [0, 0.05) is 18.7 Å². The smallest absolute Gasteiger partial charge is 0.322 e. The summed E-state index contributed by atoms with van der Waals surface area (Å²) >= 11 is 0. The van der Waals surface area contributed by atoms with Crippen molar-refractivity contribution in [3.05, 3.63) is 48.0 Å². The minimum atomic E-state index is -3.59. The van der Waals surface area contributed by atoms with E-state index in [9.17, 15) is 13.2 Å². The van der Waals surface area contributed by atoms with Gasteiger partial charge in [0.2, 0.25) is 10.0 Å². The molecule has 2 aromatic carbocycles. The first-order chi connectivity index (χ1) is 16.4. The molecule has 0 saturated carbocycles. The van der Waals surface area contributed by atoms with Crippen LogP contribution in [0.1, 0.15) is 36.0 Å². The van der Waals surface area contributed by atoms with E-state index in [0.717, 1.165) is 25.7 Å². The topological polar surface area (TPSA) is 124 Å². The van der Waals surface area contributed by atoms with E-state index in [1.807, 2.05) is 0 Å². The maximum Gasteiger partial charge on any atom is 0.322 e. The minimum Gasteiger partial charge on any atom is -0.496 e. The lowest BCUT2D eigenvalue weighted by Gasteiger charge is -2.19. The van der Waals surface area contributed by atoms with Gasteiger partial charge in [-0.2, -0.15) is 4.31 Å². The standard InChI is InChI=1S/C23H26N4O6S/c1-31-18-8-7-9-19(32-2)20(18)22-25-26-23(33-22)24-21(28)16-10-12-17(13-11-16)34(29,30)27-14-5-3-4-6-15-27/h7-13H,3-6,14-15H2,1-2H3,(H,24,26,28). The van der Waals surface area contributed by atoms with E-state index in [-0.39, 0.29) is 22.4 Å². The molecule has 1 aliphatic heterocycles. The van der Waals surface area contributed by atoms with Crippen molar-refractivity contribution in [3.8, 4) is 23.0 Å². The van der Waals surface area contributed by atoms with Gasteiger partial charge in [-0.25, -0.2) is 8.42 Å². The van der Waals surface area contributed by atoms with Crippen LogP contribution in [0.25, 0.3) is 11.5 Å². The fourth-order valence-corrected chi connectivity index (χ4v) is 5.33. The molecule has 1 aromatic heterocycles. The van der Waals surface area contributed by atoms with Gasteiger partial charge in [0.1, 0.15) is 17.1 Å². The second kappa shape index (κ2) is 10.2. The number of aromatic nitrogens is 2. The molecular formula is C23H26N4O6S. The zero-order chi connectivity index (χ0) is 24.1. The van der Waals surface area contributed by atoms with Gasteiger partial charge in [0.05, 0.1) is 19.1 Å². The van der Waals surface area contributed by atoms with Crippen molar-refractivity contribution in [1.82, 2.24) is 14.5 Å². The largest absolute Gasteiger partial charge is 0.496 e. The van der Waals surface area contributed by atoms with E-state index in [1.54, 1.807) is 18.2 Å². The van der Waals surface area contributed by atoms with Crippen LogP contribution in [-0.4, -0.2) is 56.1 Å². The first-order valence-corrected chi connectivity index (χ1v) is 12.3. The SMILES string of the molecule is COc1cccc(OC)c1-c1nnc(NC(=O)c2ccc(S(=O)(=O)N3CCCCCC3)cc2)o1. The number of carbonyl (C=O) groups is 1. The molecule has 1 N–H and O–H groups in total. The quantitative estimate of drug-likeness (QED) is 0.538. The zero-order valence-electron chi connectivity index (χ0n) is 19.0. The molecule has 2 heterocycles. The fourth-order valence-electron chi connectivity index (χ4n) is 3.82. The minimum absolute atomic E-state index is 0.114. The molecule has 4 rings (SSSR count). The number of nitrogens with one attached hydrogen (secondary N) is 1. The summed E-state index contributed by atoms with van der Waals surface area (Å²) in [4.78, 5) is 12.8. The van der Waals surface area contributed by atoms with Crippen LogP contribution in [0.15, 0.2) is 51.8 Å². The molecule has 34 heavy (non-hydrogen) atoms. The fraction of sp³-hybridized carbons (Fsp3) is 0.348. The molecule has 0 atom stereocenters. The first kappa shape index (κ1) is 23.7. The molecule has 1 aliphatic rings. The normalized spacial score (nSPS) is 14.9. The van der Waals surface area contributed by atoms with Gasteiger partial charge >= 0.3 is 6.01 Å². The first-order valence-electron chi connectivity index (χ1n) is 10.9. The average Bonchev–Trinajstić information content (AvgIpc) is 3.13. The number of benzene rings is 2. The van der Waals surface area contributed by atoms with Crippen LogP contribution < -0.4 is 14.8 Å². The highest BCUT2D eigenvalue weighted by Crippen LogP contribution is 2.37. The molecule has 0 spiro atoms. The molecule has 0 bridgehead atoms. The van der Waals surface area contributed by atoms with Crippen molar-refractivity contribution in [2.45, 2.75) is 30.6 Å². The highest BCUT2D eigenvalue weighted by atomic mass is 32.2. The Bertz CT molecular complexity index is 1230. The van der Waals surface area contributed by atoms with Crippen LogP contribution in [0.3, 0.4) is 0 Å². The summed E-state index contributed by atoms with van der Waals surface area (Å²) in [6.45, 7) is 1.03. The third kappa shape index (κ3) is 4.90. The predicted octanol–water partition coefficient (Wildman–Crippen LogP) is 3.57. The Morgan fingerprint density at radius 2 is 1.56 bits per heavy atom. The lowest BCUT2D eigenvalue weighted by atomic mass is 10.2. The maximum absolute atomic E-state index is 12.9. The highest BCUT2D eigenvalue weighted by Gasteiger charge is 2.25. The Morgan fingerprint density at radius 3 is 2.15 bits per heavy atom. The van der Waals surface area contributed by atoms with Gasteiger partial charge in [0.15, 0.2) is 0 Å². The lowest BCUT2D eigenvalue weighted by molar-refractivity contribution is 0.102. The molecular weight excluding hydrogens is 460 g/mol. The number of ether oxygens (including phenoxy) is 2. The number of nitrogens with zero attached hydrogens (tertiary/aromatic N) is 3. The summed E-state index contributed by atoms with van der Waals surface area (Å²) in [5, 5.41) is 10.4. The van der Waals surface area contributed by atoms with Crippen molar-refractivity contribution >= 4 is 21.9 Å².